The number of nitrogens with zero attached hydrogens (tertiary/aromatic N) is 5. The number of aromatic nitrogens is 6. The van der Waals surface area contributed by atoms with Gasteiger partial charge in [-0.25, -0.2) is 19.3 Å². The number of aromatic amines is 1. The van der Waals surface area contributed by atoms with Crippen molar-refractivity contribution >= 4 is 22.7 Å². The second-order valence-electron chi connectivity index (χ2n) is 6.33. The van der Waals surface area contributed by atoms with Gasteiger partial charge in [0.15, 0.2) is 5.82 Å². The molecule has 140 valence electrons. The Morgan fingerprint density at radius 3 is 2.55 bits per heavy atom. The van der Waals surface area contributed by atoms with Crippen molar-refractivity contribution in [2.45, 2.75) is 0 Å². The third kappa shape index (κ3) is 3.39. The van der Waals surface area contributed by atoms with Crippen molar-refractivity contribution in [1.29, 1.82) is 0 Å². The van der Waals surface area contributed by atoms with E-state index in [9.17, 15) is 4.39 Å². The Hall–Kier alpha value is -4.20. The maximum Gasteiger partial charge on any atom is 0.227 e. The van der Waals surface area contributed by atoms with Gasteiger partial charge >= 0.3 is 0 Å². The van der Waals surface area contributed by atoms with Crippen molar-refractivity contribution in [2.75, 3.05) is 5.32 Å². The summed E-state index contributed by atoms with van der Waals surface area (Å²) < 4.78 is 13.9. The Balaban J connectivity index is 1.40. The molecule has 0 amide bonds. The molecule has 0 bridgehead atoms. The molecule has 3 heterocycles. The largest absolute Gasteiger partial charge is 0.338 e. The van der Waals surface area contributed by atoms with Gasteiger partial charge in [-0.15, -0.1) is 0 Å². The van der Waals surface area contributed by atoms with Gasteiger partial charge in [0.2, 0.25) is 5.95 Å². The Labute approximate surface area is 164 Å². The van der Waals surface area contributed by atoms with Gasteiger partial charge in [0.05, 0.1) is 11.2 Å². The SMILES string of the molecule is Fc1cccc2[nH]c(-c3cccc(Nc4ncc(-c5cccnn5)cn4)c3)nc12. The van der Waals surface area contributed by atoms with Crippen molar-refractivity contribution in [3.8, 4) is 22.6 Å². The molecule has 0 atom stereocenters. The normalized spacial score (nSPS) is 10.9. The Morgan fingerprint density at radius 2 is 1.76 bits per heavy atom. The highest BCUT2D eigenvalue weighted by atomic mass is 19.1. The van der Waals surface area contributed by atoms with E-state index >= 15 is 0 Å². The molecule has 0 unspecified atom stereocenters. The molecule has 2 N–H and O–H groups in total. The topological polar surface area (TPSA) is 92.3 Å². The second kappa shape index (κ2) is 7.08. The fourth-order valence-corrected chi connectivity index (χ4v) is 2.99. The zero-order valence-electron chi connectivity index (χ0n) is 15.0. The van der Waals surface area contributed by atoms with Gasteiger partial charge in [0.1, 0.15) is 11.3 Å². The van der Waals surface area contributed by atoms with Gasteiger partial charge < -0.3 is 10.3 Å². The lowest BCUT2D eigenvalue weighted by molar-refractivity contribution is 0.637. The van der Waals surface area contributed by atoms with Crippen molar-refractivity contribution in [2.24, 2.45) is 0 Å². The zero-order valence-corrected chi connectivity index (χ0v) is 15.0. The molecule has 0 aliphatic rings. The number of para-hydroxylation sites is 1. The van der Waals surface area contributed by atoms with Gasteiger partial charge in [-0.2, -0.15) is 10.2 Å². The highest BCUT2D eigenvalue weighted by Crippen LogP contribution is 2.25. The van der Waals surface area contributed by atoms with Crippen LogP contribution in [-0.2, 0) is 0 Å². The average molecular weight is 383 g/mol. The lowest BCUT2D eigenvalue weighted by Gasteiger charge is -2.06. The quantitative estimate of drug-likeness (QED) is 0.479. The maximum absolute atomic E-state index is 13.9. The van der Waals surface area contributed by atoms with Gasteiger partial charge in [0, 0.05) is 35.4 Å². The third-order valence-electron chi connectivity index (χ3n) is 4.38. The van der Waals surface area contributed by atoms with E-state index in [0.717, 1.165) is 16.8 Å². The number of benzene rings is 2. The molecular weight excluding hydrogens is 369 g/mol. The zero-order chi connectivity index (χ0) is 19.6. The van der Waals surface area contributed by atoms with Crippen molar-refractivity contribution < 1.29 is 4.39 Å². The van der Waals surface area contributed by atoms with Crippen LogP contribution >= 0.6 is 0 Å². The number of imidazole rings is 1. The molecule has 0 radical (unpaired) electrons. The minimum atomic E-state index is -0.351. The third-order valence-corrected chi connectivity index (χ3v) is 4.38. The first-order valence-corrected chi connectivity index (χ1v) is 8.88. The molecule has 5 rings (SSSR count). The minimum Gasteiger partial charge on any atom is -0.338 e. The van der Waals surface area contributed by atoms with Crippen LogP contribution in [0.2, 0.25) is 0 Å². The number of anilines is 2. The van der Waals surface area contributed by atoms with Gasteiger partial charge in [-0.1, -0.05) is 18.2 Å². The first kappa shape index (κ1) is 16.9. The summed E-state index contributed by atoms with van der Waals surface area (Å²) >= 11 is 0. The van der Waals surface area contributed by atoms with E-state index in [1.165, 1.54) is 6.07 Å². The molecule has 3 aromatic heterocycles. The van der Waals surface area contributed by atoms with Crippen LogP contribution in [0.4, 0.5) is 16.0 Å². The van der Waals surface area contributed by atoms with Crippen molar-refractivity contribution in [3.05, 3.63) is 79.0 Å². The van der Waals surface area contributed by atoms with E-state index in [1.807, 2.05) is 36.4 Å². The molecular formula is C21H14FN7. The van der Waals surface area contributed by atoms with E-state index < -0.39 is 0 Å². The summed E-state index contributed by atoms with van der Waals surface area (Å²) in [5.74, 6) is 0.689. The van der Waals surface area contributed by atoms with E-state index in [1.54, 1.807) is 30.7 Å². The molecule has 2 aromatic carbocycles. The molecule has 0 aliphatic heterocycles. The van der Waals surface area contributed by atoms with Crippen LogP contribution in [-0.4, -0.2) is 30.1 Å². The fraction of sp³-hybridized carbons (Fsp3) is 0. The first-order chi connectivity index (χ1) is 14.3. The average Bonchev–Trinajstić information content (AvgIpc) is 3.21. The lowest BCUT2D eigenvalue weighted by Crippen LogP contribution is -1.97. The summed E-state index contributed by atoms with van der Waals surface area (Å²) in [6, 6.07) is 16.1. The van der Waals surface area contributed by atoms with Gasteiger partial charge in [-0.3, -0.25) is 0 Å². The first-order valence-electron chi connectivity index (χ1n) is 8.88. The van der Waals surface area contributed by atoms with Crippen LogP contribution in [0.15, 0.2) is 73.2 Å². The van der Waals surface area contributed by atoms with Crippen LogP contribution in [0.5, 0.6) is 0 Å². The standard InChI is InChI=1S/C21H14FN7/c22-16-6-2-7-18-19(16)28-20(27-18)13-4-1-5-15(10-13)26-21-23-11-14(12-24-21)17-8-3-9-25-29-17/h1-12H,(H,27,28)(H,23,24,26). The summed E-state index contributed by atoms with van der Waals surface area (Å²) in [5, 5.41) is 11.1. The van der Waals surface area contributed by atoms with E-state index in [2.05, 4.69) is 35.5 Å². The molecule has 0 fully saturated rings. The van der Waals surface area contributed by atoms with Gasteiger partial charge in [0.25, 0.3) is 0 Å². The van der Waals surface area contributed by atoms with Crippen molar-refractivity contribution in [1.82, 2.24) is 30.1 Å². The molecule has 0 saturated heterocycles. The number of rotatable bonds is 4. The molecule has 0 saturated carbocycles. The highest BCUT2D eigenvalue weighted by molar-refractivity contribution is 5.80. The molecule has 0 aliphatic carbocycles. The number of hydrogen-bond acceptors (Lipinski definition) is 6. The highest BCUT2D eigenvalue weighted by Gasteiger charge is 2.09. The number of fused-ring (bicyclic) bond motifs is 1. The molecule has 29 heavy (non-hydrogen) atoms. The minimum absolute atomic E-state index is 0.323. The van der Waals surface area contributed by atoms with E-state index in [-0.39, 0.29) is 5.82 Å². The number of halogens is 1. The number of H-pyrrole nitrogens is 1. The molecule has 5 aromatic rings. The fourth-order valence-electron chi connectivity index (χ4n) is 2.99. The summed E-state index contributed by atoms with van der Waals surface area (Å²) in [6.07, 6.45) is 4.99. The molecule has 8 heteroatoms. The van der Waals surface area contributed by atoms with E-state index in [4.69, 9.17) is 0 Å². The second-order valence-corrected chi connectivity index (χ2v) is 6.33. The van der Waals surface area contributed by atoms with Crippen LogP contribution in [0.25, 0.3) is 33.7 Å². The maximum atomic E-state index is 13.9. The van der Waals surface area contributed by atoms with Crippen LogP contribution < -0.4 is 5.32 Å². The number of hydrogen-bond donors (Lipinski definition) is 2. The summed E-state index contributed by atoms with van der Waals surface area (Å²) in [4.78, 5) is 16.2. The Kier molecular flexibility index (Phi) is 4.14. The predicted octanol–water partition coefficient (Wildman–Crippen LogP) is 4.36. The smallest absolute Gasteiger partial charge is 0.227 e. The number of nitrogens with one attached hydrogen (secondary N) is 2. The summed E-state index contributed by atoms with van der Waals surface area (Å²) in [5.41, 5.74) is 4.07. The van der Waals surface area contributed by atoms with Crippen LogP contribution in [0.1, 0.15) is 0 Å². The van der Waals surface area contributed by atoms with Crippen molar-refractivity contribution in [3.63, 3.8) is 0 Å². The van der Waals surface area contributed by atoms with E-state index in [0.29, 0.717) is 28.5 Å². The lowest BCUT2D eigenvalue weighted by atomic mass is 10.2. The monoisotopic (exact) mass is 383 g/mol. The van der Waals surface area contributed by atoms with Gasteiger partial charge in [-0.05, 0) is 36.4 Å². The molecule has 0 spiro atoms. The van der Waals surface area contributed by atoms with Crippen LogP contribution in [0.3, 0.4) is 0 Å². The summed E-state index contributed by atoms with van der Waals surface area (Å²) in [7, 11) is 0. The molecule has 7 nitrogen and oxygen atoms in total. The predicted molar refractivity (Wildman–Crippen MR) is 108 cm³/mol. The Bertz CT molecular complexity index is 1280. The van der Waals surface area contributed by atoms with Crippen LogP contribution in [0, 0.1) is 5.82 Å². The Morgan fingerprint density at radius 1 is 0.897 bits per heavy atom. The summed E-state index contributed by atoms with van der Waals surface area (Å²) in [6.45, 7) is 0.